The number of rotatable bonds is 14. The van der Waals surface area contributed by atoms with E-state index in [0.717, 1.165) is 114 Å². The van der Waals surface area contributed by atoms with Crippen LogP contribution in [0.1, 0.15) is 220 Å². The van der Waals surface area contributed by atoms with Crippen LogP contribution in [0, 0.1) is 0 Å². The predicted molar refractivity (Wildman–Crippen MR) is 477 cm³/mol. The van der Waals surface area contributed by atoms with E-state index in [1.54, 1.807) is 20.8 Å². The Morgan fingerprint density at radius 1 is 0.388 bits per heavy atom. The molecular weight excluding hydrogens is 1960 g/mol. The molecule has 0 saturated heterocycles. The number of nitrogens with zero attached hydrogens (tertiary/aromatic N) is 2. The summed E-state index contributed by atoms with van der Waals surface area (Å²) in [5.41, 5.74) is 11.7. The molecule has 19 N–H and O–H groups in total. The van der Waals surface area contributed by atoms with Crippen molar-refractivity contribution in [1.29, 1.82) is 0 Å². The van der Waals surface area contributed by atoms with E-state index in [1.807, 2.05) is 24.3 Å². The second kappa shape index (κ2) is 42.7. The lowest BCUT2D eigenvalue weighted by molar-refractivity contribution is 0.0575. The summed E-state index contributed by atoms with van der Waals surface area (Å²) in [6, 6.07) is 22.8. The first-order valence-electron chi connectivity index (χ1n) is 40.2. The van der Waals surface area contributed by atoms with Crippen LogP contribution in [0.3, 0.4) is 0 Å². The average molecular weight is 2070 g/mol. The first-order valence-corrected chi connectivity index (χ1v) is 45.0. The third-order valence-corrected chi connectivity index (χ3v) is 28.0. The van der Waals surface area contributed by atoms with Crippen LogP contribution in [0.2, 0.25) is 0 Å². The molecule has 32 heteroatoms. The number of carbonyl (C=O) groups excluding carboxylic acids is 2. The highest BCUT2D eigenvalue weighted by atomic mass is 79.9. The molecule has 0 aromatic heterocycles. The van der Waals surface area contributed by atoms with Crippen molar-refractivity contribution in [3.05, 3.63) is 167 Å². The van der Waals surface area contributed by atoms with Crippen LogP contribution < -0.4 is 14.5 Å². The maximum absolute atomic E-state index is 13.3. The molecule has 0 fully saturated rings. The molecule has 656 valence electrons. The molecule has 8 aromatic carbocycles. The largest absolute Gasteiger partial charge is 0.508 e. The molecule has 7 aliphatic rings. The number of anilines is 2. The fourth-order valence-electron chi connectivity index (χ4n) is 17.5. The molecule has 3 aliphatic heterocycles. The molecule has 8 aromatic rings. The Bertz CT molecular complexity index is 4800. The summed E-state index contributed by atoms with van der Waals surface area (Å²) in [7, 11) is 0. The van der Waals surface area contributed by atoms with Crippen molar-refractivity contribution in [2.45, 2.75) is 183 Å². The zero-order chi connectivity index (χ0) is 88.2. The lowest BCUT2D eigenvalue weighted by atomic mass is 9.80. The number of aliphatic hydroxyl groups is 6. The summed E-state index contributed by atoms with van der Waals surface area (Å²) in [6.07, 6.45) is 12.6. The molecule has 4 aliphatic carbocycles. The van der Waals surface area contributed by atoms with Crippen LogP contribution in [0.15, 0.2) is 106 Å². The molecule has 15 rings (SSSR count). The van der Waals surface area contributed by atoms with Crippen LogP contribution in [-0.2, 0) is 28.7 Å². The maximum atomic E-state index is 13.3. The molecule has 3 heterocycles. The number of phenols is 13. The van der Waals surface area contributed by atoms with Gasteiger partial charge in [-0.05, 0) is 306 Å². The van der Waals surface area contributed by atoms with Crippen molar-refractivity contribution in [3.63, 3.8) is 0 Å². The smallest absolute Gasteiger partial charge is 0.414 e. The molecule has 0 radical (unpaired) electrons. The third-order valence-electron chi connectivity index (χ3n) is 23.0. The average Bonchev–Trinajstić information content (AvgIpc) is 1.75. The maximum Gasteiger partial charge on any atom is 0.414 e. The molecular formula is C89H104Br6N2O24. The number of hydrogen-bond donors (Lipinski definition) is 19. The van der Waals surface area contributed by atoms with E-state index in [9.17, 15) is 86.2 Å². The Balaban J connectivity index is 0.000000156. The van der Waals surface area contributed by atoms with Gasteiger partial charge in [0.15, 0.2) is 11.5 Å². The summed E-state index contributed by atoms with van der Waals surface area (Å²) in [4.78, 5) is 28.6. The van der Waals surface area contributed by atoms with Crippen molar-refractivity contribution in [1.82, 2.24) is 0 Å². The van der Waals surface area contributed by atoms with E-state index in [0.29, 0.717) is 137 Å². The number of ether oxygens (including phenoxy) is 3. The standard InChI is InChI=1S/C26H24BrNO5.C16H22BrNO5.C12H15BrO4.2C12H15BrO3.C11H13BrO4/c27-24-22(31)13-21(30)23-15(10-12-29)9-11-28(25(23)24)26(32)33-14-20-18-7-3-1-5-16(18)17-6-2-4-8-19(17)20;1-16(2,3)23-15(22)18-6-4-9(5-7-19)12-10(20)8-11(21)13(17)14(12)18;13-9-7-3-1-2-6(4-5-14)8(7)10(15)12(17)11(9)16;2*13-12-8-3-1-2-7(4-5-14)11(8)9(15)6-10(12)16;12-10-8(15)5-7(14)9-6(1-3-13)2-4-16-11(9)10/h1-8,13,15,20,29-31H,9-12,14H2;8-9,19-21H,4-7H2,1-3H3;6,14-17H,1-5H2;2*6-7,14-16H,1-5H2;5-6,13-15H,1-4H2/t15-;9-;6-;2*7-;6-/m000001/s1. The zero-order valence-electron chi connectivity index (χ0n) is 67.0. The van der Waals surface area contributed by atoms with Gasteiger partial charge in [-0.3, -0.25) is 9.80 Å². The van der Waals surface area contributed by atoms with Crippen molar-refractivity contribution in [3.8, 4) is 91.6 Å². The summed E-state index contributed by atoms with van der Waals surface area (Å²) in [5, 5.41) is 183. The first-order chi connectivity index (χ1) is 57.7. The monoisotopic (exact) mass is 2060 g/mol. The number of aliphatic hydroxyl groups excluding tert-OH is 6. The highest BCUT2D eigenvalue weighted by Crippen LogP contribution is 2.57. The lowest BCUT2D eigenvalue weighted by Crippen LogP contribution is -2.41. The van der Waals surface area contributed by atoms with E-state index < -0.39 is 23.5 Å². The van der Waals surface area contributed by atoms with Gasteiger partial charge in [0.2, 0.25) is 5.75 Å². The topological polar surface area (TPSA) is 453 Å². The van der Waals surface area contributed by atoms with Gasteiger partial charge in [-0.2, -0.15) is 0 Å². The summed E-state index contributed by atoms with van der Waals surface area (Å²) in [5.74, 6) is -0.390. The van der Waals surface area contributed by atoms with Crippen LogP contribution in [-0.4, -0.2) is 181 Å². The van der Waals surface area contributed by atoms with Gasteiger partial charge in [-0.25, -0.2) is 9.59 Å². The van der Waals surface area contributed by atoms with Gasteiger partial charge in [-0.15, -0.1) is 0 Å². The Hall–Kier alpha value is -7.86. The van der Waals surface area contributed by atoms with Gasteiger partial charge in [-0.1, -0.05) is 48.5 Å². The highest BCUT2D eigenvalue weighted by molar-refractivity contribution is 9.11. The number of hydrogen-bond acceptors (Lipinski definition) is 24. The highest BCUT2D eigenvalue weighted by Gasteiger charge is 2.40. The van der Waals surface area contributed by atoms with Crippen molar-refractivity contribution >= 4 is 119 Å². The molecule has 6 atom stereocenters. The summed E-state index contributed by atoms with van der Waals surface area (Å²) >= 11 is 19.9. The first kappa shape index (κ1) is 95.4. The molecule has 0 spiro atoms. The minimum absolute atomic E-state index is 0.0194. The van der Waals surface area contributed by atoms with Gasteiger partial charge in [0.1, 0.15) is 79.9 Å². The Morgan fingerprint density at radius 3 is 1.13 bits per heavy atom. The third kappa shape index (κ3) is 21.4. The second-order valence-electron chi connectivity index (χ2n) is 31.7. The molecule has 26 nitrogen and oxygen atoms in total. The van der Waals surface area contributed by atoms with Crippen LogP contribution in [0.4, 0.5) is 21.0 Å². The van der Waals surface area contributed by atoms with Gasteiger partial charge >= 0.3 is 12.2 Å². The predicted octanol–water partition coefficient (Wildman–Crippen LogP) is 18.8. The SMILES string of the molecule is CC(C)(C)OC(=O)N1CC[C@@H](CCO)c2c(O)cc(O)c(Br)c21.O=C(OCC1c2ccccc2-c2ccccc21)N1CC[C@@H](CCO)c2c(O)cc(O)c(Br)c21.OCC[C@@H]1CCCc2c(Br)c(O)c(O)c(O)c21.OCC[C@@H]1CCCc2c(Br)c(O)cc(O)c21.OCC[C@@H]1CCCc2c(Br)c(O)cc(O)c21.OCC[C@@H]1CCOc2c(Br)c(O)cc(O)c21. The molecule has 121 heavy (non-hydrogen) atoms. The number of halogens is 6. The van der Waals surface area contributed by atoms with Crippen molar-refractivity contribution < 1.29 is 121 Å². The number of aromatic hydroxyl groups is 13. The fourth-order valence-corrected chi connectivity index (χ4v) is 20.7. The number of benzene rings is 8. The normalized spacial score (nSPS) is 18.3. The van der Waals surface area contributed by atoms with Crippen molar-refractivity contribution in [2.24, 2.45) is 0 Å². The number of carbonyl (C=O) groups is 2. The number of phenolic OH excluding ortho intramolecular Hbond substituents is 13. The Labute approximate surface area is 751 Å². The van der Waals surface area contributed by atoms with Crippen molar-refractivity contribution in [2.75, 3.05) is 75.7 Å². The van der Waals surface area contributed by atoms with E-state index in [-0.39, 0.29) is 157 Å². The minimum Gasteiger partial charge on any atom is -0.508 e. The van der Waals surface area contributed by atoms with Gasteiger partial charge < -0.3 is 111 Å². The van der Waals surface area contributed by atoms with Crippen LogP contribution in [0.5, 0.6) is 80.5 Å². The number of amides is 2. The van der Waals surface area contributed by atoms with E-state index in [1.165, 1.54) is 40.1 Å². The Morgan fingerprint density at radius 2 is 0.727 bits per heavy atom. The number of fused-ring (bicyclic) bond motifs is 9. The summed E-state index contributed by atoms with van der Waals surface area (Å²) in [6.45, 7) is 7.10. The molecule has 0 saturated carbocycles. The quantitative estimate of drug-likeness (QED) is 0.0450. The summed E-state index contributed by atoms with van der Waals surface area (Å²) < 4.78 is 19.6. The lowest BCUT2D eigenvalue weighted by Gasteiger charge is -2.36. The van der Waals surface area contributed by atoms with E-state index in [4.69, 9.17) is 34.6 Å². The van der Waals surface area contributed by atoms with Gasteiger partial charge in [0, 0.05) is 122 Å². The van der Waals surface area contributed by atoms with E-state index >= 15 is 0 Å². The van der Waals surface area contributed by atoms with Gasteiger partial charge in [0.25, 0.3) is 0 Å². The second-order valence-corrected chi connectivity index (χ2v) is 36.4. The zero-order valence-corrected chi connectivity index (χ0v) is 76.6. The fraction of sp³-hybridized carbons (Fsp3) is 0.438. The van der Waals surface area contributed by atoms with Gasteiger partial charge in [0.05, 0.1) is 40.3 Å². The van der Waals surface area contributed by atoms with E-state index in [2.05, 4.69) is 120 Å². The molecule has 0 unspecified atom stereocenters. The minimum atomic E-state index is -0.648. The molecule has 2 amide bonds. The van der Waals surface area contributed by atoms with Crippen LogP contribution >= 0.6 is 95.6 Å². The Kier molecular flexibility index (Phi) is 33.6. The van der Waals surface area contributed by atoms with Crippen LogP contribution in [0.25, 0.3) is 11.1 Å². The molecule has 0 bridgehead atoms.